The summed E-state index contributed by atoms with van der Waals surface area (Å²) in [4.78, 5) is 22.7. The van der Waals surface area contributed by atoms with E-state index in [9.17, 15) is 14.9 Å². The van der Waals surface area contributed by atoms with Gasteiger partial charge in [-0.2, -0.15) is 0 Å². The van der Waals surface area contributed by atoms with Crippen LogP contribution >= 0.6 is 11.6 Å². The quantitative estimate of drug-likeness (QED) is 0.461. The van der Waals surface area contributed by atoms with Crippen LogP contribution in [0.4, 0.5) is 0 Å². The van der Waals surface area contributed by atoms with Crippen molar-refractivity contribution in [2.45, 2.75) is 12.3 Å². The Morgan fingerprint density at radius 1 is 1.14 bits per heavy atom. The van der Waals surface area contributed by atoms with Gasteiger partial charge in [0, 0.05) is 21.9 Å². The van der Waals surface area contributed by atoms with Crippen molar-refractivity contribution in [3.63, 3.8) is 0 Å². The maximum Gasteiger partial charge on any atom is 0.211 e. The zero-order valence-electron chi connectivity index (χ0n) is 11.2. The summed E-state index contributed by atoms with van der Waals surface area (Å²) in [6.45, 7) is -0.293. The smallest absolute Gasteiger partial charge is 0.211 e. The molecule has 2 aromatic rings. The van der Waals surface area contributed by atoms with Crippen molar-refractivity contribution in [3.05, 3.63) is 80.9 Å². The first kappa shape index (κ1) is 15.2. The van der Waals surface area contributed by atoms with Crippen molar-refractivity contribution in [1.82, 2.24) is 0 Å². The molecule has 0 aliphatic rings. The largest absolute Gasteiger partial charge is 0.294 e. The van der Waals surface area contributed by atoms with Crippen LogP contribution in [-0.2, 0) is 0 Å². The van der Waals surface area contributed by atoms with E-state index in [2.05, 4.69) is 0 Å². The van der Waals surface area contributed by atoms with E-state index >= 15 is 0 Å². The number of halogens is 1. The summed E-state index contributed by atoms with van der Waals surface area (Å²) in [5.74, 6) is -0.589. The standard InChI is InChI=1S/C16H14ClNO3/c17-15-8-4-7-13(9-15)14(11-18(20)21)10-16(19)12-5-2-1-3-6-12/h1-9,14H,10-11H2/t14-/m1/s1. The van der Waals surface area contributed by atoms with Crippen molar-refractivity contribution in [1.29, 1.82) is 0 Å². The Hall–Kier alpha value is -2.20. The number of ketones is 1. The Bertz CT molecular complexity index is 643. The molecule has 0 spiro atoms. The number of nitro groups is 1. The fraction of sp³-hybridized carbons (Fsp3) is 0.188. The van der Waals surface area contributed by atoms with Crippen LogP contribution in [0.3, 0.4) is 0 Å². The summed E-state index contributed by atoms with van der Waals surface area (Å²) in [5.41, 5.74) is 1.27. The predicted octanol–water partition coefficient (Wildman–Crippen LogP) is 3.97. The third-order valence-corrected chi connectivity index (χ3v) is 3.45. The number of hydrogen-bond acceptors (Lipinski definition) is 3. The minimum absolute atomic E-state index is 0.0886. The first-order chi connectivity index (χ1) is 10.1. The summed E-state index contributed by atoms with van der Waals surface area (Å²) in [6, 6.07) is 15.7. The number of Topliss-reactive ketones (excluding diaryl/α,β-unsaturated/α-hetero) is 1. The zero-order valence-corrected chi connectivity index (χ0v) is 12.0. The number of nitrogens with zero attached hydrogens (tertiary/aromatic N) is 1. The highest BCUT2D eigenvalue weighted by molar-refractivity contribution is 6.30. The summed E-state index contributed by atoms with van der Waals surface area (Å²) in [7, 11) is 0. The molecule has 0 aliphatic carbocycles. The van der Waals surface area contributed by atoms with Gasteiger partial charge in [0.15, 0.2) is 5.78 Å². The zero-order chi connectivity index (χ0) is 15.2. The molecule has 0 amide bonds. The van der Waals surface area contributed by atoms with Gasteiger partial charge in [-0.25, -0.2) is 0 Å². The Kier molecular flexibility index (Phi) is 5.06. The van der Waals surface area contributed by atoms with Crippen LogP contribution in [0.2, 0.25) is 5.02 Å². The molecular weight excluding hydrogens is 290 g/mol. The summed E-state index contributed by atoms with van der Waals surface area (Å²) in [6.07, 6.45) is 0.0886. The van der Waals surface area contributed by atoms with Crippen LogP contribution in [0, 0.1) is 10.1 Å². The molecule has 0 N–H and O–H groups in total. The van der Waals surface area contributed by atoms with Crippen LogP contribution in [0.25, 0.3) is 0 Å². The van der Waals surface area contributed by atoms with Crippen LogP contribution < -0.4 is 0 Å². The van der Waals surface area contributed by atoms with Crippen molar-refractivity contribution in [2.24, 2.45) is 0 Å². The molecule has 0 heterocycles. The molecule has 0 saturated heterocycles. The highest BCUT2D eigenvalue weighted by Gasteiger charge is 2.22. The van der Waals surface area contributed by atoms with Gasteiger partial charge in [0.2, 0.25) is 6.54 Å². The molecule has 0 aromatic heterocycles. The Morgan fingerprint density at radius 3 is 2.48 bits per heavy atom. The van der Waals surface area contributed by atoms with E-state index < -0.39 is 10.8 Å². The summed E-state index contributed by atoms with van der Waals surface area (Å²) >= 11 is 5.92. The third kappa shape index (κ3) is 4.39. The molecule has 2 rings (SSSR count). The molecule has 1 atom stereocenters. The lowest BCUT2D eigenvalue weighted by Crippen LogP contribution is -2.16. The molecule has 0 fully saturated rings. The van der Waals surface area contributed by atoms with E-state index in [0.29, 0.717) is 16.1 Å². The molecule has 21 heavy (non-hydrogen) atoms. The lowest BCUT2D eigenvalue weighted by Gasteiger charge is -2.13. The molecule has 108 valence electrons. The topological polar surface area (TPSA) is 60.2 Å². The second kappa shape index (κ2) is 6.99. The van der Waals surface area contributed by atoms with Gasteiger partial charge >= 0.3 is 0 Å². The highest BCUT2D eigenvalue weighted by Crippen LogP contribution is 2.24. The molecule has 5 heteroatoms. The van der Waals surface area contributed by atoms with Crippen molar-refractivity contribution < 1.29 is 9.72 Å². The number of benzene rings is 2. The fourth-order valence-electron chi connectivity index (χ4n) is 2.19. The molecular formula is C16H14ClNO3. The lowest BCUT2D eigenvalue weighted by atomic mass is 9.91. The van der Waals surface area contributed by atoms with Gasteiger partial charge in [-0.15, -0.1) is 0 Å². The molecule has 2 aromatic carbocycles. The monoisotopic (exact) mass is 303 g/mol. The maximum atomic E-state index is 12.2. The van der Waals surface area contributed by atoms with Gasteiger partial charge in [-0.3, -0.25) is 14.9 Å². The normalized spacial score (nSPS) is 11.9. The van der Waals surface area contributed by atoms with Crippen molar-refractivity contribution in [2.75, 3.05) is 6.54 Å². The van der Waals surface area contributed by atoms with E-state index in [4.69, 9.17) is 11.6 Å². The average molecular weight is 304 g/mol. The predicted molar refractivity (Wildman–Crippen MR) is 81.4 cm³/mol. The van der Waals surface area contributed by atoms with Gasteiger partial charge in [-0.05, 0) is 17.7 Å². The lowest BCUT2D eigenvalue weighted by molar-refractivity contribution is -0.483. The van der Waals surface area contributed by atoms with E-state index in [1.807, 2.05) is 6.07 Å². The van der Waals surface area contributed by atoms with Crippen LogP contribution in [-0.4, -0.2) is 17.3 Å². The summed E-state index contributed by atoms with van der Waals surface area (Å²) < 4.78 is 0. The Morgan fingerprint density at radius 2 is 1.86 bits per heavy atom. The molecule has 0 unspecified atom stereocenters. The minimum Gasteiger partial charge on any atom is -0.294 e. The van der Waals surface area contributed by atoms with Crippen LogP contribution in [0.5, 0.6) is 0 Å². The van der Waals surface area contributed by atoms with E-state index in [-0.39, 0.29) is 18.7 Å². The van der Waals surface area contributed by atoms with Gasteiger partial charge in [0.1, 0.15) is 0 Å². The fourth-order valence-corrected chi connectivity index (χ4v) is 2.39. The average Bonchev–Trinajstić information content (AvgIpc) is 2.47. The van der Waals surface area contributed by atoms with Crippen molar-refractivity contribution in [3.8, 4) is 0 Å². The van der Waals surface area contributed by atoms with Gasteiger partial charge in [0.05, 0.1) is 5.92 Å². The molecule has 0 aliphatic heterocycles. The molecule has 4 nitrogen and oxygen atoms in total. The third-order valence-electron chi connectivity index (χ3n) is 3.22. The summed E-state index contributed by atoms with van der Waals surface area (Å²) in [5, 5.41) is 11.4. The van der Waals surface area contributed by atoms with Gasteiger partial charge in [-0.1, -0.05) is 54.1 Å². The maximum absolute atomic E-state index is 12.2. The van der Waals surface area contributed by atoms with E-state index in [1.165, 1.54) is 0 Å². The number of carbonyl (C=O) groups is 1. The first-order valence-corrected chi connectivity index (χ1v) is 6.89. The Labute approximate surface area is 127 Å². The molecule has 0 bridgehead atoms. The Balaban J connectivity index is 2.21. The second-order valence-electron chi connectivity index (χ2n) is 4.76. The van der Waals surface area contributed by atoms with Crippen LogP contribution in [0.1, 0.15) is 28.3 Å². The van der Waals surface area contributed by atoms with E-state index in [1.54, 1.807) is 48.5 Å². The van der Waals surface area contributed by atoms with Crippen molar-refractivity contribution >= 4 is 17.4 Å². The molecule has 0 saturated carbocycles. The van der Waals surface area contributed by atoms with E-state index in [0.717, 1.165) is 0 Å². The highest BCUT2D eigenvalue weighted by atomic mass is 35.5. The minimum atomic E-state index is -0.480. The van der Waals surface area contributed by atoms with Gasteiger partial charge < -0.3 is 0 Å². The number of carbonyl (C=O) groups excluding carboxylic acids is 1. The van der Waals surface area contributed by atoms with Crippen LogP contribution in [0.15, 0.2) is 54.6 Å². The molecule has 0 radical (unpaired) electrons. The second-order valence-corrected chi connectivity index (χ2v) is 5.20. The number of rotatable bonds is 6. The van der Waals surface area contributed by atoms with Gasteiger partial charge in [0.25, 0.3) is 0 Å². The number of hydrogen-bond donors (Lipinski definition) is 0. The SMILES string of the molecule is O=C(C[C@H](C[N+](=O)[O-])c1cccc(Cl)c1)c1ccccc1. The first-order valence-electron chi connectivity index (χ1n) is 6.52.